The maximum atomic E-state index is 13.2. The van der Waals surface area contributed by atoms with Crippen molar-refractivity contribution in [3.05, 3.63) is 60.0 Å². The van der Waals surface area contributed by atoms with Gasteiger partial charge in [0.25, 0.3) is 0 Å². The highest BCUT2D eigenvalue weighted by atomic mass is 32.1. The monoisotopic (exact) mass is 423 g/mol. The van der Waals surface area contributed by atoms with Crippen molar-refractivity contribution in [3.63, 3.8) is 0 Å². The van der Waals surface area contributed by atoms with Gasteiger partial charge in [-0.25, -0.2) is 9.67 Å². The van der Waals surface area contributed by atoms with Gasteiger partial charge in [0.05, 0.1) is 5.41 Å². The molecule has 0 saturated carbocycles. The Bertz CT molecular complexity index is 1020. The van der Waals surface area contributed by atoms with Crippen LogP contribution in [0.15, 0.2) is 54.4 Å². The summed E-state index contributed by atoms with van der Waals surface area (Å²) in [7, 11) is 3.57. The summed E-state index contributed by atoms with van der Waals surface area (Å²) in [6.07, 6.45) is 4.20. The van der Waals surface area contributed by atoms with Crippen LogP contribution < -0.4 is 0 Å². The quantitative estimate of drug-likeness (QED) is 0.611. The van der Waals surface area contributed by atoms with Gasteiger partial charge in [0.15, 0.2) is 0 Å². The fourth-order valence-corrected chi connectivity index (χ4v) is 4.90. The average molecular weight is 424 g/mol. The Labute approximate surface area is 179 Å². The van der Waals surface area contributed by atoms with Crippen molar-refractivity contribution in [2.75, 3.05) is 27.2 Å². The van der Waals surface area contributed by atoms with Crippen molar-refractivity contribution in [2.24, 2.45) is 5.41 Å². The second kappa shape index (κ2) is 8.39. The van der Waals surface area contributed by atoms with E-state index in [4.69, 9.17) is 0 Å². The fraction of sp³-hybridized carbons (Fsp3) is 0.364. The van der Waals surface area contributed by atoms with E-state index < -0.39 is 5.41 Å². The Balaban J connectivity index is 1.56. The first kappa shape index (κ1) is 20.3. The molecular weight excluding hydrogens is 398 g/mol. The van der Waals surface area contributed by atoms with Crippen LogP contribution in [0.2, 0.25) is 0 Å². The number of thiophene rings is 1. The van der Waals surface area contributed by atoms with Crippen molar-refractivity contribution < 1.29 is 9.59 Å². The molecule has 2 aromatic heterocycles. The predicted molar refractivity (Wildman–Crippen MR) is 116 cm³/mol. The fourth-order valence-electron chi connectivity index (χ4n) is 4.18. The van der Waals surface area contributed by atoms with Gasteiger partial charge in [-0.3, -0.25) is 9.59 Å². The molecular formula is C22H25N5O2S. The molecule has 8 heteroatoms. The molecule has 3 heterocycles. The third kappa shape index (κ3) is 4.14. The van der Waals surface area contributed by atoms with E-state index in [0.29, 0.717) is 25.9 Å². The molecule has 2 amide bonds. The lowest BCUT2D eigenvalue weighted by Crippen LogP contribution is -2.45. The minimum atomic E-state index is -0.615. The summed E-state index contributed by atoms with van der Waals surface area (Å²) in [6.45, 7) is 1.12. The van der Waals surface area contributed by atoms with E-state index in [1.165, 1.54) is 22.2 Å². The zero-order valence-corrected chi connectivity index (χ0v) is 18.0. The number of amides is 2. The van der Waals surface area contributed by atoms with Gasteiger partial charge in [-0.15, -0.1) is 11.3 Å². The summed E-state index contributed by atoms with van der Waals surface area (Å²) < 4.78 is 1.51. The molecule has 4 rings (SSSR count). The lowest BCUT2D eigenvalue weighted by molar-refractivity contribution is -0.139. The minimum Gasteiger partial charge on any atom is -0.348 e. The Morgan fingerprint density at radius 1 is 1.23 bits per heavy atom. The summed E-state index contributed by atoms with van der Waals surface area (Å²) in [4.78, 5) is 34.5. The standard InChI is InChI=1S/C22H25N5O2S/c1-25(2)21(29)22(8-9-26(14-22)20(28)13-27-16-23-15-24-27)12-17-5-3-6-18(11-17)19-7-4-10-30-19/h3-7,10-11,15-16H,8-9,12-14H2,1-2H3/t22-/m0/s1. The number of benzene rings is 1. The molecule has 0 aliphatic carbocycles. The molecule has 1 fully saturated rings. The number of nitrogens with zero attached hydrogens (tertiary/aromatic N) is 5. The molecule has 0 unspecified atom stereocenters. The molecule has 0 bridgehead atoms. The highest BCUT2D eigenvalue weighted by Gasteiger charge is 2.46. The lowest BCUT2D eigenvalue weighted by atomic mass is 9.79. The zero-order valence-electron chi connectivity index (χ0n) is 17.2. The van der Waals surface area contributed by atoms with Crippen LogP contribution in [-0.2, 0) is 22.6 Å². The van der Waals surface area contributed by atoms with Gasteiger partial charge in [0.2, 0.25) is 11.8 Å². The number of hydrogen-bond acceptors (Lipinski definition) is 5. The zero-order chi connectivity index (χ0) is 21.1. The van der Waals surface area contributed by atoms with Gasteiger partial charge in [-0.05, 0) is 35.4 Å². The molecule has 3 aromatic rings. The first-order valence-corrected chi connectivity index (χ1v) is 10.8. The Morgan fingerprint density at radius 2 is 2.10 bits per heavy atom. The maximum Gasteiger partial charge on any atom is 0.244 e. The average Bonchev–Trinajstić information content (AvgIpc) is 3.50. The van der Waals surface area contributed by atoms with Crippen molar-refractivity contribution >= 4 is 23.2 Å². The molecule has 0 radical (unpaired) electrons. The number of aromatic nitrogens is 3. The molecule has 1 aromatic carbocycles. The molecule has 156 valence electrons. The first-order chi connectivity index (χ1) is 14.5. The van der Waals surface area contributed by atoms with E-state index in [1.807, 2.05) is 12.1 Å². The van der Waals surface area contributed by atoms with Crippen LogP contribution in [-0.4, -0.2) is 63.6 Å². The van der Waals surface area contributed by atoms with Crippen molar-refractivity contribution in [3.8, 4) is 10.4 Å². The van der Waals surface area contributed by atoms with Crippen LogP contribution in [0.4, 0.5) is 0 Å². The van der Waals surface area contributed by atoms with Gasteiger partial charge in [-0.2, -0.15) is 5.10 Å². The summed E-state index contributed by atoms with van der Waals surface area (Å²) in [5.74, 6) is 0.0290. The second-order valence-electron chi connectivity index (χ2n) is 7.99. The van der Waals surface area contributed by atoms with Gasteiger partial charge < -0.3 is 9.80 Å². The molecule has 7 nitrogen and oxygen atoms in total. The Morgan fingerprint density at radius 3 is 2.80 bits per heavy atom. The molecule has 1 aliphatic rings. The van der Waals surface area contributed by atoms with Crippen LogP contribution in [0, 0.1) is 5.41 Å². The largest absolute Gasteiger partial charge is 0.348 e. The highest BCUT2D eigenvalue weighted by Crippen LogP contribution is 2.37. The second-order valence-corrected chi connectivity index (χ2v) is 8.94. The van der Waals surface area contributed by atoms with Crippen LogP contribution in [0.5, 0.6) is 0 Å². The summed E-state index contributed by atoms with van der Waals surface area (Å²) >= 11 is 1.70. The van der Waals surface area contributed by atoms with E-state index in [1.54, 1.807) is 35.2 Å². The highest BCUT2D eigenvalue weighted by molar-refractivity contribution is 7.13. The van der Waals surface area contributed by atoms with Crippen molar-refractivity contribution in [1.29, 1.82) is 0 Å². The number of rotatable bonds is 6. The normalized spacial score (nSPS) is 18.5. The smallest absolute Gasteiger partial charge is 0.244 e. The first-order valence-electron chi connectivity index (χ1n) is 9.92. The van der Waals surface area contributed by atoms with Gasteiger partial charge in [-0.1, -0.05) is 30.3 Å². The molecule has 1 aliphatic heterocycles. The van der Waals surface area contributed by atoms with Gasteiger partial charge in [0.1, 0.15) is 19.2 Å². The maximum absolute atomic E-state index is 13.2. The van der Waals surface area contributed by atoms with Crippen molar-refractivity contribution in [1.82, 2.24) is 24.6 Å². The van der Waals surface area contributed by atoms with Crippen LogP contribution >= 0.6 is 11.3 Å². The van der Waals surface area contributed by atoms with E-state index >= 15 is 0 Å². The van der Waals surface area contributed by atoms with E-state index in [0.717, 1.165) is 11.1 Å². The Hall–Kier alpha value is -3.00. The number of likely N-dealkylation sites (tertiary alicyclic amines) is 1. The summed E-state index contributed by atoms with van der Waals surface area (Å²) in [6, 6.07) is 12.5. The predicted octanol–water partition coefficient (Wildman–Crippen LogP) is 2.56. The van der Waals surface area contributed by atoms with Crippen LogP contribution in [0.1, 0.15) is 12.0 Å². The minimum absolute atomic E-state index is 0.0405. The molecule has 1 saturated heterocycles. The van der Waals surface area contributed by atoms with E-state index in [-0.39, 0.29) is 18.4 Å². The van der Waals surface area contributed by atoms with Crippen LogP contribution in [0.3, 0.4) is 0 Å². The molecule has 1 atom stereocenters. The van der Waals surface area contributed by atoms with E-state index in [9.17, 15) is 9.59 Å². The van der Waals surface area contributed by atoms with Crippen molar-refractivity contribution in [2.45, 2.75) is 19.4 Å². The Kier molecular flexibility index (Phi) is 5.67. The SMILES string of the molecule is CN(C)C(=O)[C@]1(Cc2cccc(-c3cccs3)c2)CCN(C(=O)Cn2cncn2)C1. The van der Waals surface area contributed by atoms with Gasteiger partial charge in [0, 0.05) is 32.1 Å². The number of carbonyl (C=O) groups excluding carboxylic acids is 2. The van der Waals surface area contributed by atoms with E-state index in [2.05, 4.69) is 39.7 Å². The summed E-state index contributed by atoms with van der Waals surface area (Å²) in [5, 5.41) is 6.08. The number of hydrogen-bond donors (Lipinski definition) is 0. The van der Waals surface area contributed by atoms with Crippen LogP contribution in [0.25, 0.3) is 10.4 Å². The van der Waals surface area contributed by atoms with Gasteiger partial charge >= 0.3 is 0 Å². The molecule has 0 N–H and O–H groups in total. The lowest BCUT2D eigenvalue weighted by Gasteiger charge is -2.31. The third-order valence-electron chi connectivity index (χ3n) is 5.61. The third-order valence-corrected chi connectivity index (χ3v) is 6.52. The molecule has 30 heavy (non-hydrogen) atoms. The number of carbonyl (C=O) groups is 2. The topological polar surface area (TPSA) is 71.3 Å². The summed E-state index contributed by atoms with van der Waals surface area (Å²) in [5.41, 5.74) is 1.66. The molecule has 0 spiro atoms.